The van der Waals surface area contributed by atoms with Gasteiger partial charge in [0.1, 0.15) is 16.3 Å². The molecule has 0 aliphatic heterocycles. The molecule has 0 saturated carbocycles. The highest BCUT2D eigenvalue weighted by atomic mass is 32.2. The van der Waals surface area contributed by atoms with Gasteiger partial charge in [0.05, 0.1) is 22.8 Å². The third kappa shape index (κ3) is 7.04. The Hall–Kier alpha value is -4.14. The summed E-state index contributed by atoms with van der Waals surface area (Å²) in [6, 6.07) is 4.46. The van der Waals surface area contributed by atoms with E-state index in [1.54, 1.807) is 21.9 Å². The molecule has 15 heteroatoms. The highest BCUT2D eigenvalue weighted by Crippen LogP contribution is 2.29. The lowest BCUT2D eigenvalue weighted by atomic mass is 10.1. The molecule has 0 aliphatic carbocycles. The minimum Gasteiger partial charge on any atom is -0.397 e. The van der Waals surface area contributed by atoms with Gasteiger partial charge in [-0.15, -0.1) is 0 Å². The maximum absolute atomic E-state index is 14.6. The van der Waals surface area contributed by atoms with Crippen molar-refractivity contribution in [2.45, 2.75) is 43.8 Å². The highest BCUT2D eigenvalue weighted by molar-refractivity contribution is 7.90. The van der Waals surface area contributed by atoms with E-state index in [4.69, 9.17) is 5.73 Å². The zero-order chi connectivity index (χ0) is 29.0. The van der Waals surface area contributed by atoms with Gasteiger partial charge in [0.15, 0.2) is 15.7 Å². The maximum Gasteiger partial charge on any atom is 0.423 e. The molecular weight excluding hydrogens is 544 g/mol. The van der Waals surface area contributed by atoms with Gasteiger partial charge in [-0.2, -0.15) is 18.3 Å². The van der Waals surface area contributed by atoms with Crippen molar-refractivity contribution < 1.29 is 26.0 Å². The van der Waals surface area contributed by atoms with E-state index in [9.17, 15) is 35.6 Å². The van der Waals surface area contributed by atoms with E-state index in [0.29, 0.717) is 17.3 Å². The van der Waals surface area contributed by atoms with Gasteiger partial charge in [-0.05, 0) is 30.0 Å². The zero-order valence-electron chi connectivity index (χ0n) is 20.8. The number of alkyl halides is 3. The van der Waals surface area contributed by atoms with Gasteiger partial charge in [0, 0.05) is 31.4 Å². The number of anilines is 1. The molecule has 0 saturated heterocycles. The minimum absolute atomic E-state index is 0.0394. The average Bonchev–Trinajstić information content (AvgIpc) is 2.85. The van der Waals surface area contributed by atoms with Crippen LogP contribution in [0, 0.1) is 5.82 Å². The van der Waals surface area contributed by atoms with Crippen molar-refractivity contribution >= 4 is 26.3 Å². The molecule has 10 nitrogen and oxygen atoms in total. The Balaban J connectivity index is 0.000000293. The lowest BCUT2D eigenvalue weighted by Crippen LogP contribution is -2.24. The highest BCUT2D eigenvalue weighted by Gasteiger charge is 2.36. The van der Waals surface area contributed by atoms with Gasteiger partial charge in [0.25, 0.3) is 11.1 Å². The molecular formula is C24H24F4N6O4S. The number of aromatic nitrogens is 5. The number of unbranched alkanes of at least 4 members (excludes halogenated alkanes) is 2. The molecule has 1 aromatic carbocycles. The van der Waals surface area contributed by atoms with Crippen LogP contribution in [0.2, 0.25) is 0 Å². The van der Waals surface area contributed by atoms with Crippen molar-refractivity contribution in [1.29, 1.82) is 0 Å². The van der Waals surface area contributed by atoms with E-state index in [0.717, 1.165) is 44.1 Å². The molecule has 3 N–H and O–H groups in total. The second-order valence-corrected chi connectivity index (χ2v) is 10.5. The van der Waals surface area contributed by atoms with E-state index in [1.165, 1.54) is 12.1 Å². The fourth-order valence-electron chi connectivity index (χ4n) is 3.54. The first-order valence-corrected chi connectivity index (χ1v) is 13.4. The molecule has 4 rings (SSSR count). The van der Waals surface area contributed by atoms with Crippen LogP contribution in [0.3, 0.4) is 0 Å². The van der Waals surface area contributed by atoms with Crippen LogP contribution in [-0.4, -0.2) is 39.4 Å². The number of nitrogens with zero attached hydrogens (tertiary/aromatic N) is 4. The molecule has 0 bridgehead atoms. The molecule has 0 atom stereocenters. The number of nitrogen functional groups attached to an aromatic ring is 1. The lowest BCUT2D eigenvalue weighted by Gasteiger charge is -2.09. The van der Waals surface area contributed by atoms with E-state index in [1.807, 2.05) is 0 Å². The lowest BCUT2D eigenvalue weighted by molar-refractivity contribution is -0.138. The predicted molar refractivity (Wildman–Crippen MR) is 136 cm³/mol. The summed E-state index contributed by atoms with van der Waals surface area (Å²) in [5, 5.41) is 5.61. The van der Waals surface area contributed by atoms with E-state index < -0.39 is 38.6 Å². The quantitative estimate of drug-likeness (QED) is 0.264. The number of nitrogens with two attached hydrogens (primary N) is 1. The number of aromatic amines is 1. The molecule has 0 fully saturated rings. The van der Waals surface area contributed by atoms with Crippen molar-refractivity contribution in [2.24, 2.45) is 0 Å². The topological polar surface area (TPSA) is 154 Å². The summed E-state index contributed by atoms with van der Waals surface area (Å²) in [5.74, 6) is -0.563. The van der Waals surface area contributed by atoms with Crippen LogP contribution in [0.15, 0.2) is 57.5 Å². The second kappa shape index (κ2) is 11.7. The third-order valence-corrected chi connectivity index (χ3v) is 6.60. The van der Waals surface area contributed by atoms with Gasteiger partial charge in [-0.25, -0.2) is 27.9 Å². The standard InChI is InChI=1S/C19H20FN3O3S.C5H4F3N3O/c1-3-4-5-7-23-8-6-13-9-16(17(20)10-15(13)19(23)24)18-21-11-14(12-22-18)27(2,25)26;6-5(7,8)3-2(9)1-10-11-4(3)12/h6,8-12H,3-5,7H2,1-2H3;1H,(H3,9,11,12). The molecule has 208 valence electrons. The van der Waals surface area contributed by atoms with Crippen molar-refractivity contribution in [3.05, 3.63) is 75.1 Å². The summed E-state index contributed by atoms with van der Waals surface area (Å²) >= 11 is 0. The Labute approximate surface area is 219 Å². The van der Waals surface area contributed by atoms with E-state index >= 15 is 0 Å². The summed E-state index contributed by atoms with van der Waals surface area (Å²) in [5.41, 5.74) is 1.38. The van der Waals surface area contributed by atoms with Gasteiger partial charge in [0.2, 0.25) is 0 Å². The first-order valence-electron chi connectivity index (χ1n) is 11.5. The van der Waals surface area contributed by atoms with Crippen LogP contribution in [0.5, 0.6) is 0 Å². The average molecular weight is 569 g/mol. The summed E-state index contributed by atoms with van der Waals surface area (Å²) in [6.07, 6.45) is 4.02. The third-order valence-electron chi connectivity index (χ3n) is 5.53. The molecule has 0 aliphatic rings. The number of pyridine rings is 1. The smallest absolute Gasteiger partial charge is 0.397 e. The van der Waals surface area contributed by atoms with Crippen LogP contribution in [0.25, 0.3) is 22.2 Å². The Kier molecular flexibility index (Phi) is 8.84. The van der Waals surface area contributed by atoms with Crippen LogP contribution < -0.4 is 16.9 Å². The summed E-state index contributed by atoms with van der Waals surface area (Å²) in [7, 11) is -3.43. The van der Waals surface area contributed by atoms with Gasteiger partial charge < -0.3 is 10.3 Å². The SMILES string of the molecule is CCCCCn1ccc2cc(-c3ncc(S(C)(=O)=O)cn3)c(F)cc2c1=O.Nc1cn[nH]c(=O)c1C(F)(F)F. The number of sulfone groups is 1. The Morgan fingerprint density at radius 1 is 1.08 bits per heavy atom. The second-order valence-electron chi connectivity index (χ2n) is 8.48. The van der Waals surface area contributed by atoms with E-state index in [-0.39, 0.29) is 21.8 Å². The first kappa shape index (κ1) is 29.4. The number of rotatable bonds is 6. The fourth-order valence-corrected chi connectivity index (χ4v) is 4.02. The fraction of sp³-hybridized carbons (Fsp3) is 0.292. The minimum atomic E-state index is -4.74. The first-order chi connectivity index (χ1) is 18.2. The largest absolute Gasteiger partial charge is 0.423 e. The van der Waals surface area contributed by atoms with Crippen LogP contribution in [0.1, 0.15) is 31.7 Å². The number of halogens is 4. The van der Waals surface area contributed by atoms with Crippen molar-refractivity contribution in [3.63, 3.8) is 0 Å². The van der Waals surface area contributed by atoms with Gasteiger partial charge in [-0.3, -0.25) is 9.59 Å². The number of benzene rings is 1. The Bertz CT molecular complexity index is 1700. The molecule has 0 radical (unpaired) electrons. The summed E-state index contributed by atoms with van der Waals surface area (Å²) in [4.78, 5) is 31.0. The number of aryl methyl sites for hydroxylation is 1. The Morgan fingerprint density at radius 3 is 2.28 bits per heavy atom. The number of nitrogens with one attached hydrogen (secondary N) is 1. The molecule has 39 heavy (non-hydrogen) atoms. The van der Waals surface area contributed by atoms with Crippen LogP contribution >= 0.6 is 0 Å². The number of hydrogen-bond donors (Lipinski definition) is 2. The number of H-pyrrole nitrogens is 1. The van der Waals surface area contributed by atoms with Gasteiger partial charge >= 0.3 is 6.18 Å². The summed E-state index contributed by atoms with van der Waals surface area (Å²) < 4.78 is 75.1. The van der Waals surface area contributed by atoms with E-state index in [2.05, 4.69) is 22.0 Å². The van der Waals surface area contributed by atoms with Crippen molar-refractivity contribution in [2.75, 3.05) is 12.0 Å². The molecule has 4 aromatic rings. The summed E-state index contributed by atoms with van der Waals surface area (Å²) in [6.45, 7) is 2.69. The van der Waals surface area contributed by atoms with Gasteiger partial charge in [-0.1, -0.05) is 19.8 Å². The Morgan fingerprint density at radius 2 is 1.74 bits per heavy atom. The molecule has 0 spiro atoms. The van der Waals surface area contributed by atoms with Crippen LogP contribution in [-0.2, 0) is 22.6 Å². The zero-order valence-corrected chi connectivity index (χ0v) is 21.6. The van der Waals surface area contributed by atoms with Crippen LogP contribution in [0.4, 0.5) is 23.2 Å². The monoisotopic (exact) mass is 568 g/mol. The van der Waals surface area contributed by atoms with Crippen molar-refractivity contribution in [3.8, 4) is 11.4 Å². The predicted octanol–water partition coefficient (Wildman–Crippen LogP) is 3.56. The molecule has 3 heterocycles. The van der Waals surface area contributed by atoms with Crippen molar-refractivity contribution in [1.82, 2.24) is 24.7 Å². The molecule has 3 aromatic heterocycles. The maximum atomic E-state index is 14.6. The molecule has 0 unspecified atom stereocenters. The number of hydrogen-bond acceptors (Lipinski definition) is 8. The number of fused-ring (bicyclic) bond motifs is 1. The molecule has 0 amide bonds. The normalized spacial score (nSPS) is 11.7.